The van der Waals surface area contributed by atoms with E-state index in [0.717, 1.165) is 38.4 Å². The Kier molecular flexibility index (Phi) is 4.62. The van der Waals surface area contributed by atoms with E-state index < -0.39 is 0 Å². The van der Waals surface area contributed by atoms with Crippen LogP contribution in [0.1, 0.15) is 44.9 Å². The predicted molar refractivity (Wildman–Crippen MR) is 73.2 cm³/mol. The first-order chi connectivity index (χ1) is 8.68. The molecule has 2 rings (SSSR count). The van der Waals surface area contributed by atoms with Crippen molar-refractivity contribution in [2.45, 2.75) is 51.0 Å². The fourth-order valence-electron chi connectivity index (χ4n) is 3.19. The minimum Gasteiger partial charge on any atom is -0.354 e. The molecule has 18 heavy (non-hydrogen) atoms. The van der Waals surface area contributed by atoms with Gasteiger partial charge in [0.25, 0.3) is 0 Å². The molecule has 0 aromatic heterocycles. The van der Waals surface area contributed by atoms with Crippen LogP contribution in [0.15, 0.2) is 0 Å². The van der Waals surface area contributed by atoms with Gasteiger partial charge in [-0.1, -0.05) is 19.3 Å². The van der Waals surface area contributed by atoms with Crippen LogP contribution in [0, 0.1) is 5.41 Å². The first-order valence-electron chi connectivity index (χ1n) is 7.36. The maximum Gasteiger partial charge on any atom is 0.227 e. The number of hydrogen-bond donors (Lipinski definition) is 2. The van der Waals surface area contributed by atoms with Crippen molar-refractivity contribution in [1.29, 1.82) is 0 Å². The molecular weight excluding hydrogens is 226 g/mol. The van der Waals surface area contributed by atoms with Crippen LogP contribution in [-0.2, 0) is 4.79 Å². The Labute approximate surface area is 110 Å². The van der Waals surface area contributed by atoms with Crippen LogP contribution in [-0.4, -0.2) is 43.5 Å². The van der Waals surface area contributed by atoms with Gasteiger partial charge in [0.1, 0.15) is 0 Å². The van der Waals surface area contributed by atoms with Crippen LogP contribution in [0.4, 0.5) is 0 Å². The van der Waals surface area contributed by atoms with Gasteiger partial charge in [-0.2, -0.15) is 0 Å². The van der Waals surface area contributed by atoms with Crippen molar-refractivity contribution in [2.24, 2.45) is 11.1 Å². The molecule has 0 aliphatic heterocycles. The Balaban J connectivity index is 1.66. The summed E-state index contributed by atoms with van der Waals surface area (Å²) in [6.45, 7) is 2.21. The molecule has 0 spiro atoms. The third-order valence-electron chi connectivity index (χ3n) is 4.88. The number of carbonyl (C=O) groups is 1. The smallest absolute Gasteiger partial charge is 0.227 e. The Hall–Kier alpha value is -0.610. The van der Waals surface area contributed by atoms with E-state index in [-0.39, 0.29) is 11.3 Å². The molecular formula is C14H27N3O. The molecule has 0 heterocycles. The zero-order chi connectivity index (χ0) is 13.0. The standard InChI is InChI=1S/C14H27N3O/c1-17(12-5-2-3-6-12)10-9-16-13(18)14(11-15)7-4-8-14/h12H,2-11,15H2,1H3,(H,16,18). The monoisotopic (exact) mass is 253 g/mol. The van der Waals surface area contributed by atoms with Gasteiger partial charge in [0.05, 0.1) is 5.41 Å². The summed E-state index contributed by atoms with van der Waals surface area (Å²) in [7, 11) is 2.17. The van der Waals surface area contributed by atoms with Crippen molar-refractivity contribution in [2.75, 3.05) is 26.7 Å². The molecule has 3 N–H and O–H groups in total. The van der Waals surface area contributed by atoms with Crippen LogP contribution in [0.2, 0.25) is 0 Å². The van der Waals surface area contributed by atoms with E-state index in [1.54, 1.807) is 0 Å². The lowest BCUT2D eigenvalue weighted by Crippen LogP contribution is -2.51. The molecule has 2 saturated carbocycles. The second-order valence-corrected chi connectivity index (χ2v) is 6.01. The van der Waals surface area contributed by atoms with E-state index in [0.29, 0.717) is 6.54 Å². The molecule has 0 unspecified atom stereocenters. The Morgan fingerprint density at radius 3 is 2.50 bits per heavy atom. The number of likely N-dealkylation sites (N-methyl/N-ethyl adjacent to an activating group) is 1. The zero-order valence-corrected chi connectivity index (χ0v) is 11.6. The van der Waals surface area contributed by atoms with Gasteiger partial charge in [0.2, 0.25) is 5.91 Å². The SMILES string of the molecule is CN(CCNC(=O)C1(CN)CCC1)C1CCCC1. The van der Waals surface area contributed by atoms with E-state index in [1.165, 1.54) is 25.7 Å². The number of rotatable bonds is 6. The highest BCUT2D eigenvalue weighted by atomic mass is 16.2. The summed E-state index contributed by atoms with van der Waals surface area (Å²) in [6.07, 6.45) is 8.43. The lowest BCUT2D eigenvalue weighted by Gasteiger charge is -2.39. The van der Waals surface area contributed by atoms with E-state index in [9.17, 15) is 4.79 Å². The van der Waals surface area contributed by atoms with Gasteiger partial charge in [-0.15, -0.1) is 0 Å². The van der Waals surface area contributed by atoms with Gasteiger partial charge in [-0.05, 0) is 32.7 Å². The highest BCUT2D eigenvalue weighted by Gasteiger charge is 2.42. The molecule has 0 aromatic carbocycles. The molecule has 0 radical (unpaired) electrons. The van der Waals surface area contributed by atoms with Gasteiger partial charge in [0.15, 0.2) is 0 Å². The van der Waals surface area contributed by atoms with Crippen LogP contribution in [0.3, 0.4) is 0 Å². The highest BCUT2D eigenvalue weighted by molar-refractivity contribution is 5.83. The second kappa shape index (κ2) is 6.02. The minimum atomic E-state index is -0.230. The largest absolute Gasteiger partial charge is 0.354 e. The maximum absolute atomic E-state index is 12.1. The third-order valence-corrected chi connectivity index (χ3v) is 4.88. The fourth-order valence-corrected chi connectivity index (χ4v) is 3.19. The molecule has 0 bridgehead atoms. The van der Waals surface area contributed by atoms with Crippen molar-refractivity contribution in [3.63, 3.8) is 0 Å². The molecule has 4 heteroatoms. The quantitative estimate of drug-likeness (QED) is 0.745. The first kappa shape index (κ1) is 13.8. The predicted octanol–water partition coefficient (Wildman–Crippen LogP) is 1.11. The number of carbonyl (C=O) groups excluding carboxylic acids is 1. The topological polar surface area (TPSA) is 58.4 Å². The normalized spacial score (nSPS) is 23.1. The van der Waals surface area contributed by atoms with Crippen LogP contribution >= 0.6 is 0 Å². The zero-order valence-electron chi connectivity index (χ0n) is 11.6. The molecule has 0 atom stereocenters. The average molecular weight is 253 g/mol. The van der Waals surface area contributed by atoms with Crippen LogP contribution in [0.5, 0.6) is 0 Å². The summed E-state index contributed by atoms with van der Waals surface area (Å²) in [5.41, 5.74) is 5.50. The van der Waals surface area contributed by atoms with E-state index in [2.05, 4.69) is 17.3 Å². The second-order valence-electron chi connectivity index (χ2n) is 6.01. The summed E-state index contributed by atoms with van der Waals surface area (Å²) >= 11 is 0. The number of nitrogens with zero attached hydrogens (tertiary/aromatic N) is 1. The van der Waals surface area contributed by atoms with Crippen molar-refractivity contribution in [3.05, 3.63) is 0 Å². The van der Waals surface area contributed by atoms with Gasteiger partial charge in [-0.3, -0.25) is 4.79 Å². The molecule has 1 amide bonds. The number of hydrogen-bond acceptors (Lipinski definition) is 3. The highest BCUT2D eigenvalue weighted by Crippen LogP contribution is 2.39. The summed E-state index contributed by atoms with van der Waals surface area (Å²) in [6, 6.07) is 0.731. The Morgan fingerprint density at radius 2 is 2.00 bits per heavy atom. The summed E-state index contributed by atoms with van der Waals surface area (Å²) in [5, 5.41) is 3.07. The fraction of sp³-hybridized carbons (Fsp3) is 0.929. The van der Waals surface area contributed by atoms with Crippen LogP contribution < -0.4 is 11.1 Å². The lowest BCUT2D eigenvalue weighted by atomic mass is 9.68. The molecule has 2 aliphatic carbocycles. The summed E-state index contributed by atoms with van der Waals surface area (Å²) < 4.78 is 0. The van der Waals surface area contributed by atoms with E-state index in [1.807, 2.05) is 0 Å². The van der Waals surface area contributed by atoms with Gasteiger partial charge >= 0.3 is 0 Å². The van der Waals surface area contributed by atoms with E-state index >= 15 is 0 Å². The van der Waals surface area contributed by atoms with Crippen molar-refractivity contribution in [1.82, 2.24) is 10.2 Å². The first-order valence-corrected chi connectivity index (χ1v) is 7.36. The summed E-state index contributed by atoms with van der Waals surface area (Å²) in [4.78, 5) is 14.5. The maximum atomic E-state index is 12.1. The number of amides is 1. The van der Waals surface area contributed by atoms with Crippen molar-refractivity contribution >= 4 is 5.91 Å². The van der Waals surface area contributed by atoms with Crippen LogP contribution in [0.25, 0.3) is 0 Å². The number of nitrogens with one attached hydrogen (secondary N) is 1. The van der Waals surface area contributed by atoms with Gasteiger partial charge in [-0.25, -0.2) is 0 Å². The molecule has 4 nitrogen and oxygen atoms in total. The Bertz CT molecular complexity index is 277. The lowest BCUT2D eigenvalue weighted by molar-refractivity contribution is -0.135. The minimum absolute atomic E-state index is 0.177. The Morgan fingerprint density at radius 1 is 1.33 bits per heavy atom. The number of nitrogens with two attached hydrogens (primary N) is 1. The molecule has 104 valence electrons. The molecule has 2 fully saturated rings. The van der Waals surface area contributed by atoms with Crippen molar-refractivity contribution < 1.29 is 4.79 Å². The molecule has 0 aromatic rings. The third kappa shape index (κ3) is 2.86. The van der Waals surface area contributed by atoms with Gasteiger partial charge < -0.3 is 16.0 Å². The summed E-state index contributed by atoms with van der Waals surface area (Å²) in [5.74, 6) is 0.177. The molecule has 0 saturated heterocycles. The van der Waals surface area contributed by atoms with Gasteiger partial charge in [0, 0.05) is 25.7 Å². The van der Waals surface area contributed by atoms with Crippen molar-refractivity contribution in [3.8, 4) is 0 Å². The van der Waals surface area contributed by atoms with E-state index in [4.69, 9.17) is 5.73 Å². The molecule has 2 aliphatic rings. The average Bonchev–Trinajstić information content (AvgIpc) is 2.81.